The summed E-state index contributed by atoms with van der Waals surface area (Å²) in [6.07, 6.45) is 24.1. The van der Waals surface area contributed by atoms with Gasteiger partial charge >= 0.3 is 0 Å². The Kier molecular flexibility index (Phi) is 6.96. The van der Waals surface area contributed by atoms with Crippen molar-refractivity contribution in [2.45, 2.75) is 126 Å². The molecule has 4 aromatic rings. The molecule has 0 N–H and O–H groups in total. The highest BCUT2D eigenvalue weighted by Crippen LogP contribution is 2.62. The van der Waals surface area contributed by atoms with Crippen LogP contribution in [0.15, 0.2) is 78.9 Å². The number of para-hydroxylation sites is 1. The van der Waals surface area contributed by atoms with Gasteiger partial charge in [0.15, 0.2) is 13.4 Å². The molecule has 8 bridgehead atoms. The van der Waals surface area contributed by atoms with Crippen LogP contribution in [-0.2, 0) is 0 Å². The second-order valence-electron chi connectivity index (χ2n) is 20.8. The Bertz CT molecular complexity index is 2030. The molecule has 268 valence electrons. The van der Waals surface area contributed by atoms with Gasteiger partial charge in [-0.3, -0.25) is 0 Å². The summed E-state index contributed by atoms with van der Waals surface area (Å²) in [5, 5.41) is 3.11. The molecule has 1 heterocycles. The Morgan fingerprint density at radius 3 is 1.51 bits per heavy atom. The molecule has 0 saturated heterocycles. The average Bonchev–Trinajstić information content (AvgIpc) is 4.07. The van der Waals surface area contributed by atoms with Crippen molar-refractivity contribution >= 4 is 52.2 Å². The van der Waals surface area contributed by atoms with Crippen molar-refractivity contribution in [3.8, 4) is 11.1 Å². The van der Waals surface area contributed by atoms with E-state index in [-0.39, 0.29) is 0 Å². The van der Waals surface area contributed by atoms with Crippen molar-refractivity contribution in [2.24, 2.45) is 47.3 Å². The van der Waals surface area contributed by atoms with Gasteiger partial charge in [0.05, 0.1) is 11.4 Å². The molecule has 4 aromatic carbocycles. The van der Waals surface area contributed by atoms with Gasteiger partial charge in [-0.05, 0) is 108 Å². The lowest BCUT2D eigenvalue weighted by Gasteiger charge is -2.39. The Morgan fingerprint density at radius 1 is 0.434 bits per heavy atom. The van der Waals surface area contributed by atoms with E-state index in [0.717, 1.165) is 84.0 Å². The van der Waals surface area contributed by atoms with Crippen LogP contribution in [0.25, 0.3) is 21.9 Å². The molecule has 13 rings (SSSR count). The van der Waals surface area contributed by atoms with E-state index in [0.29, 0.717) is 0 Å². The fourth-order valence-corrected chi connectivity index (χ4v) is 16.8. The molecule has 1 nitrogen and oxygen atoms in total. The highest BCUT2D eigenvalue weighted by molar-refractivity contribution is 6.78. The van der Waals surface area contributed by atoms with Crippen molar-refractivity contribution < 1.29 is 0 Å². The quantitative estimate of drug-likeness (QED) is 0.153. The van der Waals surface area contributed by atoms with Crippen molar-refractivity contribution in [3.05, 3.63) is 78.9 Å². The van der Waals surface area contributed by atoms with Gasteiger partial charge in [-0.25, -0.2) is 0 Å². The molecule has 12 atom stereocenters. The zero-order valence-electron chi connectivity index (χ0n) is 31.8. The number of hydrogen-bond acceptors (Lipinski definition) is 1. The largest absolute Gasteiger partial charge is 0.309 e. The first-order chi connectivity index (χ1) is 26.2. The number of benzene rings is 4. The first-order valence-corrected chi connectivity index (χ1v) is 22.8. The van der Waals surface area contributed by atoms with Crippen LogP contribution in [0.2, 0.25) is 23.3 Å². The monoisotopic (exact) mass is 693 g/mol. The third-order valence-electron chi connectivity index (χ3n) is 18.6. The van der Waals surface area contributed by atoms with Crippen LogP contribution in [0.5, 0.6) is 0 Å². The number of nitrogens with zero attached hydrogens (tertiary/aromatic N) is 1. The van der Waals surface area contributed by atoms with E-state index < -0.39 is 0 Å². The van der Waals surface area contributed by atoms with Gasteiger partial charge < -0.3 is 4.90 Å². The summed E-state index contributed by atoms with van der Waals surface area (Å²) >= 11 is 0. The number of hydrogen-bond donors (Lipinski definition) is 0. The Balaban J connectivity index is 0.982. The van der Waals surface area contributed by atoms with Gasteiger partial charge in [0.1, 0.15) is 0 Å². The minimum Gasteiger partial charge on any atom is -0.309 e. The average molecular weight is 694 g/mol. The summed E-state index contributed by atoms with van der Waals surface area (Å²) in [6.45, 7) is 1.48. The highest BCUT2D eigenvalue weighted by Gasteiger charge is 2.54. The predicted octanol–water partition coefficient (Wildman–Crippen LogP) is 12.5. The highest BCUT2D eigenvalue weighted by atomic mass is 15.2. The fraction of sp³-hybridized carbons (Fsp3) is 0.560. The molecular weight excluding hydrogens is 636 g/mol. The van der Waals surface area contributed by atoms with Crippen LogP contribution in [0, 0.1) is 47.3 Å². The first-order valence-electron chi connectivity index (χ1n) is 22.8. The zero-order chi connectivity index (χ0) is 34.4. The molecule has 8 aliphatic carbocycles. The van der Waals surface area contributed by atoms with Gasteiger partial charge in [0.2, 0.25) is 0 Å². The zero-order valence-corrected chi connectivity index (χ0v) is 31.8. The molecule has 9 aliphatic rings. The van der Waals surface area contributed by atoms with E-state index in [1.807, 2.05) is 0 Å². The molecular formula is C50H57B2N. The lowest BCUT2D eigenvalue weighted by atomic mass is 9.26. The number of anilines is 3. The topological polar surface area (TPSA) is 3.24 Å². The summed E-state index contributed by atoms with van der Waals surface area (Å²) < 4.78 is 0. The molecule has 8 saturated carbocycles. The van der Waals surface area contributed by atoms with Gasteiger partial charge in [-0.2, -0.15) is 0 Å². The molecule has 8 fully saturated rings. The molecule has 1 aliphatic heterocycles. The van der Waals surface area contributed by atoms with Crippen LogP contribution in [0.4, 0.5) is 17.1 Å². The second kappa shape index (κ2) is 11.8. The third kappa shape index (κ3) is 4.64. The summed E-state index contributed by atoms with van der Waals surface area (Å²) in [6, 6.07) is 32.3. The van der Waals surface area contributed by atoms with Crippen molar-refractivity contribution in [2.75, 3.05) is 4.90 Å². The van der Waals surface area contributed by atoms with Crippen molar-refractivity contribution in [1.82, 2.24) is 0 Å². The minimum absolute atomic E-state index is 0.739. The number of fused-ring (bicyclic) bond motifs is 10. The lowest BCUT2D eigenvalue weighted by Crippen LogP contribution is -2.44. The summed E-state index contributed by atoms with van der Waals surface area (Å²) in [4.78, 5) is 2.71. The Morgan fingerprint density at radius 2 is 0.981 bits per heavy atom. The van der Waals surface area contributed by atoms with E-state index >= 15 is 0 Å². The van der Waals surface area contributed by atoms with E-state index in [4.69, 9.17) is 0 Å². The first kappa shape index (κ1) is 31.3. The molecule has 0 aromatic heterocycles. The minimum atomic E-state index is 0.739. The van der Waals surface area contributed by atoms with Gasteiger partial charge in [0.25, 0.3) is 0 Å². The maximum absolute atomic E-state index is 2.74. The molecule has 0 spiro atoms. The van der Waals surface area contributed by atoms with Crippen LogP contribution in [0.1, 0.15) is 103 Å². The van der Waals surface area contributed by atoms with Gasteiger partial charge in [-0.15, -0.1) is 0 Å². The summed E-state index contributed by atoms with van der Waals surface area (Å²) in [5.74, 6) is 11.5. The number of rotatable bonds is 7. The molecule has 0 radical (unpaired) electrons. The van der Waals surface area contributed by atoms with Gasteiger partial charge in [0, 0.05) is 16.6 Å². The second-order valence-corrected chi connectivity index (χ2v) is 20.8. The van der Waals surface area contributed by atoms with Crippen LogP contribution >= 0.6 is 0 Å². The summed E-state index contributed by atoms with van der Waals surface area (Å²) in [5.41, 5.74) is 10.5. The van der Waals surface area contributed by atoms with Crippen LogP contribution in [-0.4, -0.2) is 13.4 Å². The maximum atomic E-state index is 2.74. The Hall–Kier alpha value is -2.93. The lowest BCUT2D eigenvalue weighted by molar-refractivity contribution is 0.441. The molecule has 3 heteroatoms. The Labute approximate surface area is 319 Å². The van der Waals surface area contributed by atoms with E-state index in [1.54, 1.807) is 16.3 Å². The predicted molar refractivity (Wildman–Crippen MR) is 225 cm³/mol. The van der Waals surface area contributed by atoms with E-state index in [1.165, 1.54) is 136 Å². The SMILES string of the molecule is c1ccc(N2c3cc(B(C4CC5CCC4C5)C4CC5CCC4C5)ccc3-c3ccc(B(C4CC5CCC4C5)C4CC5CCC4C5)c4cccc2c34)cc1. The van der Waals surface area contributed by atoms with Crippen molar-refractivity contribution in [1.29, 1.82) is 0 Å². The maximum Gasteiger partial charge on any atom is 0.183 e. The molecule has 0 amide bonds. The third-order valence-corrected chi connectivity index (χ3v) is 18.6. The fourth-order valence-electron chi connectivity index (χ4n) is 16.8. The van der Waals surface area contributed by atoms with Crippen LogP contribution < -0.4 is 15.8 Å². The smallest absolute Gasteiger partial charge is 0.183 e. The van der Waals surface area contributed by atoms with Crippen molar-refractivity contribution in [3.63, 3.8) is 0 Å². The van der Waals surface area contributed by atoms with E-state index in [2.05, 4.69) is 83.8 Å². The standard InChI is InChI=1S/C50H57B2N/c1-2-5-39(6-3-1)53-48-8-4-7-42-43(52(46-27-32-11-15-36(46)23-32)47-28-33-12-16-37(47)24-33)20-19-41(50(42)48)40-18-17-38(29-49(40)53)51(44-25-30-9-13-34(44)21-30)45-26-31-10-14-35(45)22-31/h1-8,17-20,29-37,44-47H,9-16,21-28H2. The van der Waals surface area contributed by atoms with Crippen LogP contribution in [0.3, 0.4) is 0 Å². The van der Waals surface area contributed by atoms with Gasteiger partial charge in [-0.1, -0.05) is 166 Å². The molecule has 12 unspecified atom stereocenters. The summed E-state index contributed by atoms with van der Waals surface area (Å²) in [7, 11) is 0. The molecule has 53 heavy (non-hydrogen) atoms. The van der Waals surface area contributed by atoms with E-state index in [9.17, 15) is 0 Å². The normalized spacial score (nSPS) is 38.1.